The fourth-order valence-electron chi connectivity index (χ4n) is 0.940. The van der Waals surface area contributed by atoms with Crippen molar-refractivity contribution in [1.29, 1.82) is 0 Å². The molecule has 5 nitrogen and oxygen atoms in total. The number of aryl methyl sites for hydroxylation is 1. The molecule has 0 fully saturated rings. The van der Waals surface area contributed by atoms with Gasteiger partial charge in [-0.15, -0.1) is 0 Å². The number of rotatable bonds is 3. The summed E-state index contributed by atoms with van der Waals surface area (Å²) in [5, 5.41) is 24.1. The van der Waals surface area contributed by atoms with E-state index >= 15 is 0 Å². The van der Waals surface area contributed by atoms with Crippen LogP contribution in [0, 0.1) is 6.92 Å². The molecule has 0 aliphatic heterocycles. The average molecular weight is 226 g/mol. The van der Waals surface area contributed by atoms with Crippen molar-refractivity contribution < 1.29 is 24.9 Å². The second-order valence-corrected chi connectivity index (χ2v) is 3.11. The second-order valence-electron chi connectivity index (χ2n) is 3.11. The number of hydrogen-bond acceptors (Lipinski definition) is 3. The Kier molecular flexibility index (Phi) is 6.55. The van der Waals surface area contributed by atoms with Gasteiger partial charge in [0.05, 0.1) is 6.61 Å². The van der Waals surface area contributed by atoms with E-state index in [1.54, 1.807) is 0 Å². The average Bonchev–Trinajstić information content (AvgIpc) is 2.16. The van der Waals surface area contributed by atoms with E-state index in [-0.39, 0.29) is 6.61 Å². The minimum absolute atomic E-state index is 0.141. The molecule has 1 rings (SSSR count). The normalized spacial score (nSPS) is 8.88. The summed E-state index contributed by atoms with van der Waals surface area (Å²) in [6.07, 6.45) is -0.806. The van der Waals surface area contributed by atoms with Crippen LogP contribution in [0.5, 0.6) is 0 Å². The Morgan fingerprint density at radius 3 is 2.00 bits per heavy atom. The summed E-state index contributed by atoms with van der Waals surface area (Å²) in [6, 6.07) is 7.84. The van der Waals surface area contributed by atoms with E-state index in [9.17, 15) is 9.59 Å². The third-order valence-corrected chi connectivity index (χ3v) is 1.57. The molecular formula is C11H14O5. The van der Waals surface area contributed by atoms with Gasteiger partial charge in [-0.3, -0.25) is 9.59 Å². The summed E-state index contributed by atoms with van der Waals surface area (Å²) in [7, 11) is 0. The monoisotopic (exact) mass is 226 g/mol. The maximum atomic E-state index is 9.43. The highest BCUT2D eigenvalue weighted by atomic mass is 16.4. The molecule has 16 heavy (non-hydrogen) atoms. The second kappa shape index (κ2) is 7.42. The summed E-state index contributed by atoms with van der Waals surface area (Å²) in [5.74, 6) is -2.62. The molecule has 0 bridgehead atoms. The van der Waals surface area contributed by atoms with Crippen molar-refractivity contribution in [3.63, 3.8) is 0 Å². The number of hydrogen-bond donors (Lipinski definition) is 3. The van der Waals surface area contributed by atoms with Crippen molar-refractivity contribution in [1.82, 2.24) is 0 Å². The summed E-state index contributed by atoms with van der Waals surface area (Å²) < 4.78 is 0. The molecule has 0 atom stereocenters. The van der Waals surface area contributed by atoms with Crippen LogP contribution in [-0.2, 0) is 16.2 Å². The first kappa shape index (κ1) is 14.1. The molecule has 1 aromatic rings. The number of carbonyl (C=O) groups is 2. The number of aliphatic carboxylic acids is 2. The van der Waals surface area contributed by atoms with Crippen LogP contribution in [-0.4, -0.2) is 27.3 Å². The van der Waals surface area contributed by atoms with Gasteiger partial charge in [0.1, 0.15) is 6.42 Å². The van der Waals surface area contributed by atoms with Crippen molar-refractivity contribution >= 4 is 11.9 Å². The maximum Gasteiger partial charge on any atom is 0.314 e. The summed E-state index contributed by atoms with van der Waals surface area (Å²) in [5.41, 5.74) is 2.18. The van der Waals surface area contributed by atoms with E-state index in [1.807, 2.05) is 31.2 Å². The molecule has 3 N–H and O–H groups in total. The molecule has 0 spiro atoms. The van der Waals surface area contributed by atoms with E-state index in [1.165, 1.54) is 5.56 Å². The van der Waals surface area contributed by atoms with E-state index in [0.717, 1.165) is 5.56 Å². The Morgan fingerprint density at radius 2 is 1.75 bits per heavy atom. The minimum Gasteiger partial charge on any atom is -0.481 e. The SMILES string of the molecule is Cc1cccc(CO)c1.O=C(O)CC(=O)O. The van der Waals surface area contributed by atoms with Gasteiger partial charge >= 0.3 is 11.9 Å². The van der Waals surface area contributed by atoms with Gasteiger partial charge in [-0.25, -0.2) is 0 Å². The zero-order valence-electron chi connectivity index (χ0n) is 8.88. The lowest BCUT2D eigenvalue weighted by atomic mass is 10.1. The van der Waals surface area contributed by atoms with Crippen molar-refractivity contribution in [3.8, 4) is 0 Å². The molecule has 1 aromatic carbocycles. The van der Waals surface area contributed by atoms with Crippen LogP contribution in [0.1, 0.15) is 17.5 Å². The van der Waals surface area contributed by atoms with Gasteiger partial charge in [0.25, 0.3) is 0 Å². The number of benzene rings is 1. The first-order valence-corrected chi connectivity index (χ1v) is 4.55. The first-order valence-electron chi connectivity index (χ1n) is 4.55. The van der Waals surface area contributed by atoms with Crippen LogP contribution >= 0.6 is 0 Å². The molecule has 0 saturated carbocycles. The predicted octanol–water partition coefficient (Wildman–Crippen LogP) is 1.03. The van der Waals surface area contributed by atoms with E-state index in [4.69, 9.17) is 15.3 Å². The molecule has 0 aromatic heterocycles. The van der Waals surface area contributed by atoms with Crippen LogP contribution in [0.25, 0.3) is 0 Å². The maximum absolute atomic E-state index is 9.43. The molecule has 0 amide bonds. The first-order chi connectivity index (χ1) is 7.45. The smallest absolute Gasteiger partial charge is 0.314 e. The van der Waals surface area contributed by atoms with Crippen molar-refractivity contribution in [2.45, 2.75) is 20.0 Å². The minimum atomic E-state index is -1.31. The largest absolute Gasteiger partial charge is 0.481 e. The molecule has 0 heterocycles. The van der Waals surface area contributed by atoms with Gasteiger partial charge in [-0.2, -0.15) is 0 Å². The zero-order valence-corrected chi connectivity index (χ0v) is 8.88. The van der Waals surface area contributed by atoms with Crippen LogP contribution < -0.4 is 0 Å². The van der Waals surface area contributed by atoms with Gasteiger partial charge in [0, 0.05) is 0 Å². The lowest BCUT2D eigenvalue weighted by molar-refractivity contribution is -0.147. The quantitative estimate of drug-likeness (QED) is 0.669. The highest BCUT2D eigenvalue weighted by Gasteiger charge is 2.01. The third-order valence-electron chi connectivity index (χ3n) is 1.57. The number of carboxylic acid groups (broad SMARTS) is 2. The lowest BCUT2D eigenvalue weighted by Gasteiger charge is -1.94. The molecule has 0 aliphatic rings. The van der Waals surface area contributed by atoms with Crippen LogP contribution in [0.2, 0.25) is 0 Å². The standard InChI is InChI=1S/C8H10O.C3H4O4/c1-7-3-2-4-8(5-7)6-9;4-2(5)1-3(6)7/h2-5,9H,6H2,1H3;1H2,(H,4,5)(H,6,7). The highest BCUT2D eigenvalue weighted by molar-refractivity contribution is 5.88. The molecule has 0 unspecified atom stereocenters. The Morgan fingerprint density at radius 1 is 1.19 bits per heavy atom. The zero-order chi connectivity index (χ0) is 12.6. The van der Waals surface area contributed by atoms with Gasteiger partial charge in [0.2, 0.25) is 0 Å². The Labute approximate surface area is 93.0 Å². The molecule has 0 aliphatic carbocycles. The fraction of sp³-hybridized carbons (Fsp3) is 0.273. The van der Waals surface area contributed by atoms with Crippen LogP contribution in [0.4, 0.5) is 0 Å². The van der Waals surface area contributed by atoms with E-state index < -0.39 is 18.4 Å². The van der Waals surface area contributed by atoms with Crippen molar-refractivity contribution in [3.05, 3.63) is 35.4 Å². The lowest BCUT2D eigenvalue weighted by Crippen LogP contribution is -2.03. The van der Waals surface area contributed by atoms with Gasteiger partial charge in [0.15, 0.2) is 0 Å². The van der Waals surface area contributed by atoms with E-state index in [2.05, 4.69) is 0 Å². The van der Waals surface area contributed by atoms with Gasteiger partial charge < -0.3 is 15.3 Å². The van der Waals surface area contributed by atoms with E-state index in [0.29, 0.717) is 0 Å². The fourth-order valence-corrected chi connectivity index (χ4v) is 0.940. The van der Waals surface area contributed by atoms with Crippen molar-refractivity contribution in [2.24, 2.45) is 0 Å². The predicted molar refractivity (Wildman–Crippen MR) is 57.0 cm³/mol. The van der Waals surface area contributed by atoms with Gasteiger partial charge in [-0.05, 0) is 12.5 Å². The Hall–Kier alpha value is -1.88. The van der Waals surface area contributed by atoms with Crippen molar-refractivity contribution in [2.75, 3.05) is 0 Å². The number of aliphatic hydroxyl groups is 1. The molecule has 5 heteroatoms. The third kappa shape index (κ3) is 7.52. The highest BCUT2D eigenvalue weighted by Crippen LogP contribution is 2.02. The Bertz CT molecular complexity index is 347. The van der Waals surface area contributed by atoms with Crippen LogP contribution in [0.15, 0.2) is 24.3 Å². The van der Waals surface area contributed by atoms with Gasteiger partial charge in [-0.1, -0.05) is 29.8 Å². The molecule has 0 radical (unpaired) electrons. The topological polar surface area (TPSA) is 94.8 Å². The van der Waals surface area contributed by atoms with Crippen LogP contribution in [0.3, 0.4) is 0 Å². The number of carboxylic acids is 2. The molecule has 88 valence electrons. The Balaban J connectivity index is 0.000000293. The summed E-state index contributed by atoms with van der Waals surface area (Å²) in [4.78, 5) is 18.9. The summed E-state index contributed by atoms with van der Waals surface area (Å²) in [6.45, 7) is 2.15. The summed E-state index contributed by atoms with van der Waals surface area (Å²) >= 11 is 0. The molecule has 0 saturated heterocycles. The number of aliphatic hydroxyl groups excluding tert-OH is 1. The molecular weight excluding hydrogens is 212 g/mol.